The SMILES string of the molecule is NCCCCCCNC(=O)c1cccc(OCc2ccc(C(=O)O)c(-c3cc4c(cc3C(=O)Nc3ccc(CN)cc3)-c3sccc3CCO4)c2)c1. The molecule has 1 aromatic heterocycles. The number of rotatable bonds is 15. The number of unbranched alkanes of at least 4 members (excludes halogenated alkanes) is 3. The van der Waals surface area contributed by atoms with Crippen LogP contribution in [0.4, 0.5) is 5.69 Å². The molecule has 1 aliphatic rings. The fourth-order valence-electron chi connectivity index (χ4n) is 6.16. The third kappa shape index (κ3) is 8.68. The molecule has 2 amide bonds. The quantitative estimate of drug-likeness (QED) is 0.0706. The van der Waals surface area contributed by atoms with Crippen molar-refractivity contribution in [2.45, 2.75) is 45.3 Å². The van der Waals surface area contributed by atoms with Crippen molar-refractivity contribution < 1.29 is 29.0 Å². The van der Waals surface area contributed by atoms with Gasteiger partial charge in [0, 0.05) is 46.8 Å². The molecule has 268 valence electrons. The number of nitrogens with one attached hydrogen (secondary N) is 2. The van der Waals surface area contributed by atoms with E-state index in [9.17, 15) is 19.5 Å². The maximum atomic E-state index is 14.1. The average Bonchev–Trinajstić information content (AvgIpc) is 3.56. The number of thiophene rings is 1. The van der Waals surface area contributed by atoms with Crippen LogP contribution in [0.15, 0.2) is 90.3 Å². The van der Waals surface area contributed by atoms with Gasteiger partial charge < -0.3 is 36.7 Å². The minimum Gasteiger partial charge on any atom is -0.493 e. The van der Waals surface area contributed by atoms with E-state index >= 15 is 0 Å². The Balaban J connectivity index is 1.30. The summed E-state index contributed by atoms with van der Waals surface area (Å²) in [5, 5.41) is 18.3. The van der Waals surface area contributed by atoms with Crippen molar-refractivity contribution in [2.24, 2.45) is 11.5 Å². The van der Waals surface area contributed by atoms with E-state index in [0.717, 1.165) is 47.3 Å². The van der Waals surface area contributed by atoms with Crippen LogP contribution in [0.3, 0.4) is 0 Å². The van der Waals surface area contributed by atoms with Gasteiger partial charge in [0.15, 0.2) is 0 Å². The first-order valence-corrected chi connectivity index (χ1v) is 18.3. The van der Waals surface area contributed by atoms with E-state index < -0.39 is 11.9 Å². The second kappa shape index (κ2) is 17.1. The number of aromatic carboxylic acids is 1. The minimum atomic E-state index is -1.14. The number of ether oxygens (including phenoxy) is 2. The van der Waals surface area contributed by atoms with Crippen molar-refractivity contribution in [1.29, 1.82) is 0 Å². The molecule has 2 heterocycles. The Morgan fingerprint density at radius 1 is 0.808 bits per heavy atom. The van der Waals surface area contributed by atoms with Gasteiger partial charge in [0.2, 0.25) is 0 Å². The summed E-state index contributed by atoms with van der Waals surface area (Å²) >= 11 is 1.57. The van der Waals surface area contributed by atoms with Crippen LogP contribution >= 0.6 is 11.3 Å². The number of carbonyl (C=O) groups excluding carboxylic acids is 2. The van der Waals surface area contributed by atoms with Crippen molar-refractivity contribution in [3.8, 4) is 33.1 Å². The van der Waals surface area contributed by atoms with Gasteiger partial charge in [-0.2, -0.15) is 0 Å². The molecule has 10 nitrogen and oxygen atoms in total. The Kier molecular flexibility index (Phi) is 12.0. The molecule has 0 unspecified atom stereocenters. The van der Waals surface area contributed by atoms with Gasteiger partial charge in [0.1, 0.15) is 18.1 Å². The summed E-state index contributed by atoms with van der Waals surface area (Å²) < 4.78 is 12.3. The molecule has 0 fully saturated rings. The first kappa shape index (κ1) is 36.3. The zero-order valence-corrected chi connectivity index (χ0v) is 29.6. The van der Waals surface area contributed by atoms with Crippen LogP contribution in [0.1, 0.15) is 73.4 Å². The van der Waals surface area contributed by atoms with E-state index in [0.29, 0.717) is 77.7 Å². The highest BCUT2D eigenvalue weighted by atomic mass is 32.1. The molecule has 4 aromatic carbocycles. The van der Waals surface area contributed by atoms with Gasteiger partial charge in [0.05, 0.1) is 12.2 Å². The maximum absolute atomic E-state index is 14.1. The van der Waals surface area contributed by atoms with Crippen LogP contribution in [-0.4, -0.2) is 42.6 Å². The highest BCUT2D eigenvalue weighted by molar-refractivity contribution is 7.13. The predicted octanol–water partition coefficient (Wildman–Crippen LogP) is 7.25. The van der Waals surface area contributed by atoms with E-state index in [1.807, 2.05) is 17.5 Å². The lowest BCUT2D eigenvalue weighted by atomic mass is 9.91. The first-order chi connectivity index (χ1) is 25.3. The molecule has 0 radical (unpaired) electrons. The van der Waals surface area contributed by atoms with Gasteiger partial charge in [-0.3, -0.25) is 9.59 Å². The second-order valence-electron chi connectivity index (χ2n) is 12.6. The summed E-state index contributed by atoms with van der Waals surface area (Å²) in [4.78, 5) is 40.5. The van der Waals surface area contributed by atoms with E-state index in [1.54, 1.807) is 72.0 Å². The summed E-state index contributed by atoms with van der Waals surface area (Å²) in [6, 6.07) is 24.8. The van der Waals surface area contributed by atoms with Gasteiger partial charge in [0.25, 0.3) is 11.8 Å². The summed E-state index contributed by atoms with van der Waals surface area (Å²) in [6.45, 7) is 2.17. The number of anilines is 1. The van der Waals surface area contributed by atoms with Gasteiger partial charge in [-0.05, 0) is 113 Å². The number of benzene rings is 4. The van der Waals surface area contributed by atoms with Gasteiger partial charge in [-0.1, -0.05) is 37.1 Å². The number of carboxylic acids is 1. The lowest BCUT2D eigenvalue weighted by molar-refractivity contribution is 0.0697. The molecule has 7 N–H and O–H groups in total. The molecular formula is C41H42N4O6S. The molecule has 52 heavy (non-hydrogen) atoms. The molecule has 0 saturated heterocycles. The number of carboxylic acid groups (broad SMARTS) is 1. The molecular weight excluding hydrogens is 677 g/mol. The number of nitrogens with two attached hydrogens (primary N) is 2. The smallest absolute Gasteiger partial charge is 0.336 e. The van der Waals surface area contributed by atoms with Crippen molar-refractivity contribution in [2.75, 3.05) is 25.0 Å². The van der Waals surface area contributed by atoms with Gasteiger partial charge in [-0.25, -0.2) is 4.79 Å². The van der Waals surface area contributed by atoms with Crippen LogP contribution < -0.4 is 31.6 Å². The van der Waals surface area contributed by atoms with Crippen LogP contribution in [0.25, 0.3) is 21.6 Å². The first-order valence-electron chi connectivity index (χ1n) is 17.4. The Morgan fingerprint density at radius 3 is 2.38 bits per heavy atom. The number of fused-ring (bicyclic) bond motifs is 3. The third-order valence-electron chi connectivity index (χ3n) is 8.95. The van der Waals surface area contributed by atoms with E-state index in [4.69, 9.17) is 20.9 Å². The topological polar surface area (TPSA) is 166 Å². The summed E-state index contributed by atoms with van der Waals surface area (Å²) in [7, 11) is 0. The summed E-state index contributed by atoms with van der Waals surface area (Å²) in [5.41, 5.74) is 17.0. The normalized spacial score (nSPS) is 11.8. The zero-order chi connectivity index (χ0) is 36.5. The molecule has 0 aliphatic carbocycles. The van der Waals surface area contributed by atoms with Crippen molar-refractivity contribution in [1.82, 2.24) is 5.32 Å². The van der Waals surface area contributed by atoms with E-state index in [-0.39, 0.29) is 18.1 Å². The van der Waals surface area contributed by atoms with E-state index in [1.165, 1.54) is 6.07 Å². The highest BCUT2D eigenvalue weighted by Crippen LogP contribution is 2.43. The average molecular weight is 719 g/mol. The van der Waals surface area contributed by atoms with Crippen molar-refractivity contribution >= 4 is 34.8 Å². The largest absolute Gasteiger partial charge is 0.493 e. The molecule has 0 spiro atoms. The van der Waals surface area contributed by atoms with Gasteiger partial charge >= 0.3 is 5.97 Å². The Bertz CT molecular complexity index is 2060. The van der Waals surface area contributed by atoms with Crippen LogP contribution in [-0.2, 0) is 19.6 Å². The Morgan fingerprint density at radius 2 is 1.60 bits per heavy atom. The minimum absolute atomic E-state index is 0.0252. The standard InChI is InChI=1S/C41H42N4O6S/c42-16-3-1-2-4-17-44-39(46)29-6-5-7-31(21-29)51-25-27-10-13-32(41(48)49)33(20-27)34-23-37-36(38-28(14-18-50-37)15-19-52-38)22-35(34)40(47)45-30-11-8-26(24-43)9-12-30/h5-13,15,19-23H,1-4,14,16-18,24-25,42-43H2,(H,44,46)(H,45,47)(H,48,49). The van der Waals surface area contributed by atoms with Crippen LogP contribution in [0.5, 0.6) is 11.5 Å². The van der Waals surface area contributed by atoms with Gasteiger partial charge in [-0.15, -0.1) is 11.3 Å². The third-order valence-corrected chi connectivity index (χ3v) is 9.94. The molecule has 5 aromatic rings. The zero-order valence-electron chi connectivity index (χ0n) is 28.8. The van der Waals surface area contributed by atoms with Crippen molar-refractivity contribution in [3.63, 3.8) is 0 Å². The predicted molar refractivity (Wildman–Crippen MR) is 204 cm³/mol. The lowest BCUT2D eigenvalue weighted by Gasteiger charge is -2.18. The maximum Gasteiger partial charge on any atom is 0.336 e. The Hall–Kier alpha value is -5.49. The second-order valence-corrected chi connectivity index (χ2v) is 13.5. The van der Waals surface area contributed by atoms with Crippen LogP contribution in [0, 0.1) is 0 Å². The number of hydrogen-bond acceptors (Lipinski definition) is 8. The lowest BCUT2D eigenvalue weighted by Crippen LogP contribution is -2.24. The highest BCUT2D eigenvalue weighted by Gasteiger charge is 2.25. The Labute approximate surface area is 306 Å². The number of hydrogen-bond donors (Lipinski definition) is 5. The summed E-state index contributed by atoms with van der Waals surface area (Å²) in [6.07, 6.45) is 4.62. The molecule has 0 bridgehead atoms. The monoisotopic (exact) mass is 718 g/mol. The number of carbonyl (C=O) groups is 3. The van der Waals surface area contributed by atoms with E-state index in [2.05, 4.69) is 16.7 Å². The molecule has 6 rings (SSSR count). The van der Waals surface area contributed by atoms with Crippen LogP contribution in [0.2, 0.25) is 0 Å². The van der Waals surface area contributed by atoms with Crippen molar-refractivity contribution in [3.05, 3.63) is 124 Å². The molecule has 1 aliphatic heterocycles. The number of amides is 2. The summed E-state index contributed by atoms with van der Waals surface area (Å²) in [5.74, 6) is -0.655. The fraction of sp³-hybridized carbons (Fsp3) is 0.244. The fourth-order valence-corrected chi connectivity index (χ4v) is 7.14. The molecule has 0 saturated carbocycles. The molecule has 11 heteroatoms. The molecule has 0 atom stereocenters.